The number of amides is 1. The van der Waals surface area contributed by atoms with Crippen LogP contribution in [-0.4, -0.2) is 102 Å². The van der Waals surface area contributed by atoms with Crippen LogP contribution in [0.25, 0.3) is 11.0 Å². The van der Waals surface area contributed by atoms with E-state index in [1.807, 2.05) is 37.4 Å². The van der Waals surface area contributed by atoms with Gasteiger partial charge in [0.15, 0.2) is 0 Å². The molecule has 2 aromatic heterocycles. The minimum Gasteiger partial charge on any atom is -0.468 e. The number of hydrogen-bond donors (Lipinski definition) is 4. The number of benzene rings is 3. The maximum Gasteiger partial charge on any atom is 0.293 e. The number of nitrogens with one attached hydrogen (secondary N) is 3. The average molecular weight is 1030 g/mol. The lowest BCUT2D eigenvalue weighted by Crippen LogP contribution is -2.63. The Kier molecular flexibility index (Phi) is 13.5. The Balaban J connectivity index is 0.886. The van der Waals surface area contributed by atoms with Crippen LogP contribution in [0.3, 0.4) is 0 Å². The lowest BCUT2D eigenvalue weighted by atomic mass is 9.51. The monoisotopic (exact) mass is 1030 g/mol. The Morgan fingerprint density at radius 1 is 0.959 bits per heavy atom. The van der Waals surface area contributed by atoms with Gasteiger partial charge in [0.1, 0.15) is 23.1 Å². The molecule has 11 rings (SSSR count). The van der Waals surface area contributed by atoms with Crippen molar-refractivity contribution < 1.29 is 32.7 Å². The van der Waals surface area contributed by atoms with E-state index in [-0.39, 0.29) is 34.7 Å². The summed E-state index contributed by atoms with van der Waals surface area (Å²) in [5.41, 5.74) is 5.08. The van der Waals surface area contributed by atoms with E-state index in [4.69, 9.17) is 14.5 Å². The lowest BCUT2D eigenvalue weighted by Gasteiger charge is -2.63. The number of nitrogens with zero attached hydrogens (tertiary/aromatic N) is 5. The number of sulfonamides is 1. The SMILES string of the molecule is CC(C)c1ccccc1[C@H]1CCCCN1[C@@H]1C[C@@]2(CCN(c3ccc(C(=O)NS(=O)(=O)c4ccc(NCC5CCC(C)(O)CC5)c([N+](=O)[O-])c4)c(N4c5cc6cc[nH]c6nc5O[C@H]5COCC[C@@H]54)c3)[C@@H](C)C2)[C@H]1C. The summed E-state index contributed by atoms with van der Waals surface area (Å²) in [5, 5.41) is 26.8. The Bertz CT molecular complexity index is 3040. The second-order valence-corrected chi connectivity index (χ2v) is 24.7. The highest BCUT2D eigenvalue weighted by Gasteiger charge is 2.56. The molecule has 1 spiro atoms. The smallest absolute Gasteiger partial charge is 0.293 e. The number of H-pyrrole nitrogens is 1. The van der Waals surface area contributed by atoms with Gasteiger partial charge in [-0.2, -0.15) is 4.98 Å². The van der Waals surface area contributed by atoms with Crippen LogP contribution in [0.5, 0.6) is 5.88 Å². The number of anilines is 4. The van der Waals surface area contributed by atoms with Crippen LogP contribution in [0, 0.1) is 27.4 Å². The van der Waals surface area contributed by atoms with Crippen molar-refractivity contribution in [2.45, 2.75) is 152 Å². The topological polar surface area (TPSA) is 196 Å². The summed E-state index contributed by atoms with van der Waals surface area (Å²) in [6.07, 6.45) is 11.7. The van der Waals surface area contributed by atoms with E-state index in [2.05, 4.69) is 81.7 Å². The third-order valence-electron chi connectivity index (χ3n) is 18.1. The number of piperidine rings is 2. The zero-order valence-electron chi connectivity index (χ0n) is 43.4. The first-order valence-corrected chi connectivity index (χ1v) is 28.6. The molecule has 74 heavy (non-hydrogen) atoms. The fourth-order valence-electron chi connectivity index (χ4n) is 13.8. The van der Waals surface area contributed by atoms with Gasteiger partial charge in [-0.25, -0.2) is 13.1 Å². The third-order valence-corrected chi connectivity index (χ3v) is 19.4. The van der Waals surface area contributed by atoms with Crippen molar-refractivity contribution in [2.24, 2.45) is 17.3 Å². The van der Waals surface area contributed by atoms with Crippen LogP contribution < -0.4 is 24.6 Å². The number of ether oxygens (including phenoxy) is 2. The molecule has 0 radical (unpaired) electrons. The summed E-state index contributed by atoms with van der Waals surface area (Å²) in [7, 11) is -4.63. The number of aromatic nitrogens is 2. The van der Waals surface area contributed by atoms with Crippen LogP contribution in [0.1, 0.15) is 139 Å². The van der Waals surface area contributed by atoms with Gasteiger partial charge in [-0.1, -0.05) is 51.5 Å². The first-order chi connectivity index (χ1) is 35.5. The van der Waals surface area contributed by atoms with Gasteiger partial charge in [0.05, 0.1) is 39.3 Å². The van der Waals surface area contributed by atoms with Gasteiger partial charge in [0.2, 0.25) is 5.88 Å². The summed E-state index contributed by atoms with van der Waals surface area (Å²) in [6, 6.07) is 23.2. The number of hydrogen-bond acceptors (Lipinski definition) is 13. The molecule has 6 heterocycles. The molecule has 0 unspecified atom stereocenters. The van der Waals surface area contributed by atoms with Crippen molar-refractivity contribution in [3.05, 3.63) is 106 Å². The summed E-state index contributed by atoms with van der Waals surface area (Å²) in [4.78, 5) is 41.7. The average Bonchev–Trinajstić information content (AvgIpc) is 3.86. The quantitative estimate of drug-likeness (QED) is 0.0681. The highest BCUT2D eigenvalue weighted by atomic mass is 32.2. The van der Waals surface area contributed by atoms with Crippen molar-refractivity contribution in [1.29, 1.82) is 0 Å². The molecule has 1 amide bonds. The van der Waals surface area contributed by atoms with Gasteiger partial charge < -0.3 is 34.7 Å². The van der Waals surface area contributed by atoms with E-state index in [0.717, 1.165) is 55.9 Å². The second-order valence-electron chi connectivity index (χ2n) is 23.0. The number of carbonyl (C=O) groups excluding carboxylic acids is 1. The van der Waals surface area contributed by atoms with E-state index < -0.39 is 43.1 Å². The molecular weight excluding hydrogens is 957 g/mol. The van der Waals surface area contributed by atoms with Crippen molar-refractivity contribution in [1.82, 2.24) is 19.6 Å². The van der Waals surface area contributed by atoms with Crippen molar-refractivity contribution in [3.63, 3.8) is 0 Å². The molecule has 0 bridgehead atoms. The van der Waals surface area contributed by atoms with Crippen molar-refractivity contribution in [3.8, 4) is 5.88 Å². The predicted octanol–water partition coefficient (Wildman–Crippen LogP) is 10.4. The Hall–Kier alpha value is -5.75. The zero-order chi connectivity index (χ0) is 51.7. The number of rotatable bonds is 12. The molecule has 3 aromatic carbocycles. The van der Waals surface area contributed by atoms with Crippen LogP contribution in [-0.2, 0) is 14.8 Å². The molecule has 6 aliphatic rings. The van der Waals surface area contributed by atoms with E-state index in [1.165, 1.54) is 48.9 Å². The summed E-state index contributed by atoms with van der Waals surface area (Å²) >= 11 is 0. The van der Waals surface area contributed by atoms with Crippen molar-refractivity contribution >= 4 is 55.4 Å². The molecule has 7 atom stereocenters. The molecule has 2 aliphatic carbocycles. The molecule has 16 nitrogen and oxygen atoms in total. The zero-order valence-corrected chi connectivity index (χ0v) is 44.2. The maximum absolute atomic E-state index is 14.8. The Morgan fingerprint density at radius 2 is 1.77 bits per heavy atom. The second kappa shape index (κ2) is 19.7. The fourth-order valence-corrected chi connectivity index (χ4v) is 14.8. The standard InChI is InChI=1S/C57H72N8O8S/c1-35(2)42-10-6-7-11-43(42)46-12-8-9-25-63(46)51-32-57(37(51)4)23-26-62(36(3)31-57)40-13-15-44(48(29-40)64-47-20-27-72-34-52(47)73-55-50(64)28-39-19-24-58-53(39)60-55)54(66)61-74(70,71)41-14-16-45(49(30-41)65(68)69)59-33-38-17-21-56(5,67)22-18-38/h6-7,10-11,13-16,19,24,28-30,35-38,46-47,51-52,59,67H,8-9,12,17-18,20-23,25-27,31-34H2,1-5H3,(H,58,60)(H,61,66)/t36-,37-,38?,46+,47-,51+,52-,56?,57-/m0/s1. The maximum atomic E-state index is 14.8. The van der Waals surface area contributed by atoms with Gasteiger partial charge in [-0.3, -0.25) is 19.8 Å². The number of fused-ring (bicyclic) bond motifs is 3. The van der Waals surface area contributed by atoms with Crippen LogP contribution in [0.15, 0.2) is 83.9 Å². The molecule has 2 saturated carbocycles. The minimum atomic E-state index is -4.63. The normalized spacial score (nSPS) is 29.3. The van der Waals surface area contributed by atoms with Gasteiger partial charge >= 0.3 is 0 Å². The van der Waals surface area contributed by atoms with Crippen molar-refractivity contribution in [2.75, 3.05) is 48.0 Å². The lowest BCUT2D eigenvalue weighted by molar-refractivity contribution is -0.384. The minimum absolute atomic E-state index is 0.121. The van der Waals surface area contributed by atoms with Crippen LogP contribution in [0.2, 0.25) is 0 Å². The highest BCUT2D eigenvalue weighted by Crippen LogP contribution is 2.59. The fraction of sp³-hybridized carbons (Fsp3) is 0.544. The first kappa shape index (κ1) is 50.4. The summed E-state index contributed by atoms with van der Waals surface area (Å²) < 4.78 is 43.3. The largest absolute Gasteiger partial charge is 0.468 e. The number of nitro groups is 1. The van der Waals surface area contributed by atoms with E-state index in [0.29, 0.717) is 85.8 Å². The first-order valence-electron chi connectivity index (χ1n) is 27.1. The number of aliphatic hydroxyl groups is 1. The molecule has 394 valence electrons. The highest BCUT2D eigenvalue weighted by molar-refractivity contribution is 7.90. The third kappa shape index (κ3) is 9.40. The molecular formula is C57H72N8O8S. The summed E-state index contributed by atoms with van der Waals surface area (Å²) in [5.74, 6) is 0.705. The van der Waals surface area contributed by atoms with Gasteiger partial charge in [-0.15, -0.1) is 0 Å². The molecule has 3 saturated heterocycles. The van der Waals surface area contributed by atoms with Crippen LogP contribution in [0.4, 0.5) is 28.4 Å². The Morgan fingerprint density at radius 3 is 2.54 bits per heavy atom. The summed E-state index contributed by atoms with van der Waals surface area (Å²) in [6.45, 7) is 14.4. The number of pyridine rings is 1. The van der Waals surface area contributed by atoms with Gasteiger partial charge in [0, 0.05) is 61.2 Å². The molecule has 4 aliphatic heterocycles. The number of carbonyl (C=O) groups is 1. The molecule has 5 aromatic rings. The molecule has 17 heteroatoms. The van der Waals surface area contributed by atoms with E-state index in [1.54, 1.807) is 6.07 Å². The molecule has 4 N–H and O–H groups in total. The van der Waals surface area contributed by atoms with E-state index in [9.17, 15) is 28.4 Å². The predicted molar refractivity (Wildman–Crippen MR) is 287 cm³/mol. The Labute approximate surface area is 434 Å². The number of aromatic amines is 1. The number of likely N-dealkylation sites (tertiary alicyclic amines) is 1. The van der Waals surface area contributed by atoms with E-state index >= 15 is 0 Å². The van der Waals surface area contributed by atoms with Gasteiger partial charge in [-0.05, 0) is 161 Å². The molecule has 5 fully saturated rings. The van der Waals surface area contributed by atoms with Gasteiger partial charge in [0.25, 0.3) is 21.6 Å². The van der Waals surface area contributed by atoms with Crippen LogP contribution >= 0.6 is 0 Å². The number of nitro benzene ring substituents is 1.